The molecule has 0 radical (unpaired) electrons. The topological polar surface area (TPSA) is 97.0 Å². The molecule has 0 aliphatic heterocycles. The SMILES string of the molecule is O=C(NCc1ccco1)c1nc(-c2c[nH]c3ccccc23)no1. The van der Waals surface area contributed by atoms with Crippen LogP contribution in [0.4, 0.5) is 0 Å². The van der Waals surface area contributed by atoms with E-state index in [0.717, 1.165) is 16.5 Å². The van der Waals surface area contributed by atoms with Crippen LogP contribution in [0.2, 0.25) is 0 Å². The number of nitrogens with zero attached hydrogens (tertiary/aromatic N) is 2. The van der Waals surface area contributed by atoms with Gasteiger partial charge in [-0.05, 0) is 18.2 Å². The first-order chi connectivity index (χ1) is 11.3. The number of aromatic amines is 1. The molecule has 3 aromatic heterocycles. The van der Waals surface area contributed by atoms with Gasteiger partial charge in [0.15, 0.2) is 0 Å². The van der Waals surface area contributed by atoms with Gasteiger partial charge >= 0.3 is 11.8 Å². The molecule has 7 nitrogen and oxygen atoms in total. The van der Waals surface area contributed by atoms with Crippen LogP contribution in [0.15, 0.2) is 57.8 Å². The smallest absolute Gasteiger partial charge is 0.316 e. The van der Waals surface area contributed by atoms with E-state index in [4.69, 9.17) is 8.94 Å². The summed E-state index contributed by atoms with van der Waals surface area (Å²) < 4.78 is 10.2. The fraction of sp³-hybridized carbons (Fsp3) is 0.0625. The molecule has 2 N–H and O–H groups in total. The molecule has 0 aliphatic carbocycles. The number of fused-ring (bicyclic) bond motifs is 1. The molecule has 0 unspecified atom stereocenters. The molecule has 7 heteroatoms. The first-order valence-corrected chi connectivity index (χ1v) is 7.02. The number of carbonyl (C=O) groups excluding carboxylic acids is 1. The third kappa shape index (κ3) is 2.48. The Morgan fingerprint density at radius 3 is 3.00 bits per heavy atom. The van der Waals surface area contributed by atoms with Crippen LogP contribution >= 0.6 is 0 Å². The Kier molecular flexibility index (Phi) is 3.16. The van der Waals surface area contributed by atoms with Gasteiger partial charge in [-0.1, -0.05) is 23.4 Å². The van der Waals surface area contributed by atoms with E-state index in [9.17, 15) is 4.79 Å². The number of para-hydroxylation sites is 1. The lowest BCUT2D eigenvalue weighted by Crippen LogP contribution is -2.22. The van der Waals surface area contributed by atoms with Crippen molar-refractivity contribution in [2.75, 3.05) is 0 Å². The fourth-order valence-corrected chi connectivity index (χ4v) is 2.34. The fourth-order valence-electron chi connectivity index (χ4n) is 2.34. The van der Waals surface area contributed by atoms with Crippen molar-refractivity contribution in [3.63, 3.8) is 0 Å². The van der Waals surface area contributed by atoms with Gasteiger partial charge in [0.25, 0.3) is 0 Å². The summed E-state index contributed by atoms with van der Waals surface area (Å²) >= 11 is 0. The molecule has 0 atom stereocenters. The standard InChI is InChI=1S/C16H12N4O3/c21-15(18-8-10-4-3-7-22-10)16-19-14(20-23-16)12-9-17-13-6-2-1-5-11(12)13/h1-7,9,17H,8H2,(H,18,21). The Hall–Kier alpha value is -3.35. The van der Waals surface area contributed by atoms with Gasteiger partial charge in [-0.3, -0.25) is 4.79 Å². The molecule has 0 bridgehead atoms. The van der Waals surface area contributed by atoms with Crippen LogP contribution in [0.25, 0.3) is 22.3 Å². The minimum absolute atomic E-state index is 0.0863. The summed E-state index contributed by atoms with van der Waals surface area (Å²) in [4.78, 5) is 19.3. The summed E-state index contributed by atoms with van der Waals surface area (Å²) in [5.41, 5.74) is 1.76. The minimum Gasteiger partial charge on any atom is -0.467 e. The first-order valence-electron chi connectivity index (χ1n) is 7.02. The second-order valence-corrected chi connectivity index (χ2v) is 4.93. The van der Waals surface area contributed by atoms with Crippen molar-refractivity contribution in [3.05, 3.63) is 60.5 Å². The first kappa shape index (κ1) is 13.3. The highest BCUT2D eigenvalue weighted by molar-refractivity contribution is 5.94. The summed E-state index contributed by atoms with van der Waals surface area (Å²) in [6.45, 7) is 0.261. The molecule has 1 amide bonds. The highest BCUT2D eigenvalue weighted by atomic mass is 16.5. The van der Waals surface area contributed by atoms with Crippen LogP contribution in [0.5, 0.6) is 0 Å². The summed E-state index contributed by atoms with van der Waals surface area (Å²) in [7, 11) is 0. The molecule has 114 valence electrons. The van der Waals surface area contributed by atoms with Crippen molar-refractivity contribution < 1.29 is 13.7 Å². The molecule has 0 spiro atoms. The minimum atomic E-state index is -0.444. The molecule has 4 rings (SSSR count). The van der Waals surface area contributed by atoms with E-state index in [1.54, 1.807) is 24.6 Å². The van der Waals surface area contributed by atoms with Crippen LogP contribution in [0.3, 0.4) is 0 Å². The lowest BCUT2D eigenvalue weighted by Gasteiger charge is -1.97. The van der Waals surface area contributed by atoms with Crippen molar-refractivity contribution in [1.29, 1.82) is 0 Å². The van der Waals surface area contributed by atoms with Gasteiger partial charge in [-0.25, -0.2) is 0 Å². The van der Waals surface area contributed by atoms with Crippen molar-refractivity contribution in [1.82, 2.24) is 20.4 Å². The number of hydrogen-bond donors (Lipinski definition) is 2. The summed E-state index contributed by atoms with van der Waals surface area (Å²) in [6.07, 6.45) is 3.34. The van der Waals surface area contributed by atoms with Crippen molar-refractivity contribution >= 4 is 16.8 Å². The number of aromatic nitrogens is 3. The molecular formula is C16H12N4O3. The summed E-state index contributed by atoms with van der Waals surface area (Å²) in [5, 5.41) is 7.51. The zero-order valence-corrected chi connectivity index (χ0v) is 11.9. The maximum absolute atomic E-state index is 12.0. The number of furan rings is 1. The number of carbonyl (C=O) groups is 1. The Morgan fingerprint density at radius 2 is 2.13 bits per heavy atom. The molecule has 3 heterocycles. The third-order valence-electron chi connectivity index (χ3n) is 3.45. The van der Waals surface area contributed by atoms with E-state index < -0.39 is 5.91 Å². The van der Waals surface area contributed by atoms with Crippen molar-refractivity contribution in [3.8, 4) is 11.4 Å². The second kappa shape index (κ2) is 5.45. The van der Waals surface area contributed by atoms with Crippen LogP contribution in [-0.4, -0.2) is 21.0 Å². The molecule has 0 saturated carbocycles. The van der Waals surface area contributed by atoms with E-state index in [1.165, 1.54) is 0 Å². The normalized spacial score (nSPS) is 11.0. The Bertz CT molecular complexity index is 953. The van der Waals surface area contributed by atoms with Crippen LogP contribution < -0.4 is 5.32 Å². The Balaban J connectivity index is 1.55. The predicted octanol–water partition coefficient (Wildman–Crippen LogP) is 2.74. The second-order valence-electron chi connectivity index (χ2n) is 4.93. The van der Waals surface area contributed by atoms with Gasteiger partial charge < -0.3 is 19.2 Å². The number of H-pyrrole nitrogens is 1. The van der Waals surface area contributed by atoms with Crippen LogP contribution in [0.1, 0.15) is 16.4 Å². The van der Waals surface area contributed by atoms with Gasteiger partial charge in [0.2, 0.25) is 5.82 Å². The highest BCUT2D eigenvalue weighted by Crippen LogP contribution is 2.26. The van der Waals surface area contributed by atoms with E-state index in [0.29, 0.717) is 11.6 Å². The average Bonchev–Trinajstić information content (AvgIpc) is 3.31. The van der Waals surface area contributed by atoms with Gasteiger partial charge in [0.05, 0.1) is 12.8 Å². The number of benzene rings is 1. The maximum atomic E-state index is 12.0. The lowest BCUT2D eigenvalue weighted by molar-refractivity contribution is 0.0904. The molecule has 0 fully saturated rings. The largest absolute Gasteiger partial charge is 0.467 e. The number of rotatable bonds is 4. The summed E-state index contributed by atoms with van der Waals surface area (Å²) in [5.74, 6) is 0.483. The average molecular weight is 308 g/mol. The number of hydrogen-bond acceptors (Lipinski definition) is 5. The predicted molar refractivity (Wildman–Crippen MR) is 81.5 cm³/mol. The van der Waals surface area contributed by atoms with E-state index >= 15 is 0 Å². The van der Waals surface area contributed by atoms with Crippen molar-refractivity contribution in [2.45, 2.75) is 6.54 Å². The monoisotopic (exact) mass is 308 g/mol. The summed E-state index contributed by atoms with van der Waals surface area (Å²) in [6, 6.07) is 11.3. The number of nitrogens with one attached hydrogen (secondary N) is 2. The van der Waals surface area contributed by atoms with E-state index in [-0.39, 0.29) is 12.4 Å². The third-order valence-corrected chi connectivity index (χ3v) is 3.45. The number of amides is 1. The quantitative estimate of drug-likeness (QED) is 0.604. The van der Waals surface area contributed by atoms with E-state index in [2.05, 4.69) is 20.4 Å². The van der Waals surface area contributed by atoms with Gasteiger partial charge in [0, 0.05) is 22.7 Å². The molecule has 23 heavy (non-hydrogen) atoms. The molecular weight excluding hydrogens is 296 g/mol. The Labute approximate surface area is 130 Å². The molecule has 4 aromatic rings. The van der Waals surface area contributed by atoms with Gasteiger partial charge in [-0.15, -0.1) is 0 Å². The molecule has 0 saturated heterocycles. The molecule has 0 aliphatic rings. The lowest BCUT2D eigenvalue weighted by atomic mass is 10.2. The zero-order chi connectivity index (χ0) is 15.6. The Morgan fingerprint density at radius 1 is 1.22 bits per heavy atom. The van der Waals surface area contributed by atoms with Gasteiger partial charge in [0.1, 0.15) is 5.76 Å². The van der Waals surface area contributed by atoms with Crippen LogP contribution in [0, 0.1) is 0 Å². The van der Waals surface area contributed by atoms with E-state index in [1.807, 2.05) is 24.3 Å². The van der Waals surface area contributed by atoms with Gasteiger partial charge in [-0.2, -0.15) is 4.98 Å². The molecule has 1 aromatic carbocycles. The van der Waals surface area contributed by atoms with Crippen LogP contribution in [-0.2, 0) is 6.54 Å². The maximum Gasteiger partial charge on any atom is 0.316 e. The van der Waals surface area contributed by atoms with Crippen molar-refractivity contribution in [2.24, 2.45) is 0 Å². The highest BCUT2D eigenvalue weighted by Gasteiger charge is 2.18. The zero-order valence-electron chi connectivity index (χ0n) is 11.9.